The molecule has 1 heterocycles. The van der Waals surface area contributed by atoms with Crippen molar-refractivity contribution in [2.75, 3.05) is 13.2 Å². The van der Waals surface area contributed by atoms with Gasteiger partial charge in [0.15, 0.2) is 5.79 Å². The Hall–Kier alpha value is -1.60. The fourth-order valence-electron chi connectivity index (χ4n) is 2.23. The Morgan fingerprint density at radius 3 is 2.46 bits per heavy atom. The van der Waals surface area contributed by atoms with E-state index in [1.54, 1.807) is 41.5 Å². The fraction of sp³-hybridized carbons (Fsp3) is 0.765. The number of hydrogen-bond donors (Lipinski definition) is 1. The standard InChI is InChI=1S/C17H29NO6/c1-8-21-14(19)11(2)9-12(13-10-22-17(6,7)23-13)18-15(20)24-16(3,4)5/h12-13H,2,8-10H2,1,3-7H3,(H,18,20)/t12-,13+/m0/s1. The van der Waals surface area contributed by atoms with Gasteiger partial charge in [0.1, 0.15) is 11.7 Å². The zero-order chi connectivity index (χ0) is 18.5. The molecule has 24 heavy (non-hydrogen) atoms. The van der Waals surface area contributed by atoms with E-state index in [9.17, 15) is 9.59 Å². The molecule has 7 heteroatoms. The fourth-order valence-corrected chi connectivity index (χ4v) is 2.23. The van der Waals surface area contributed by atoms with E-state index in [1.165, 1.54) is 0 Å². The minimum atomic E-state index is -0.746. The quantitative estimate of drug-likeness (QED) is 0.589. The molecule has 0 radical (unpaired) electrons. The number of hydrogen-bond acceptors (Lipinski definition) is 6. The van der Waals surface area contributed by atoms with Gasteiger partial charge in [-0.3, -0.25) is 0 Å². The van der Waals surface area contributed by atoms with Crippen LogP contribution in [0.3, 0.4) is 0 Å². The zero-order valence-electron chi connectivity index (χ0n) is 15.4. The molecule has 0 unspecified atom stereocenters. The number of alkyl carbamates (subject to hydrolysis) is 1. The number of carbonyl (C=O) groups excluding carboxylic acids is 2. The molecule has 0 aromatic carbocycles. The molecule has 0 saturated carbocycles. The summed E-state index contributed by atoms with van der Waals surface area (Å²) in [6, 6.07) is -0.515. The molecule has 0 aliphatic carbocycles. The molecule has 1 fully saturated rings. The van der Waals surface area contributed by atoms with Gasteiger partial charge < -0.3 is 24.3 Å². The maximum absolute atomic E-state index is 12.1. The Kier molecular flexibility index (Phi) is 6.80. The maximum Gasteiger partial charge on any atom is 0.407 e. The van der Waals surface area contributed by atoms with Crippen LogP contribution >= 0.6 is 0 Å². The lowest BCUT2D eigenvalue weighted by atomic mass is 10.0. The predicted molar refractivity (Wildman–Crippen MR) is 88.5 cm³/mol. The molecular weight excluding hydrogens is 314 g/mol. The highest BCUT2D eigenvalue weighted by Gasteiger charge is 2.39. The Labute approximate surface area is 143 Å². The second-order valence-electron chi connectivity index (χ2n) is 7.15. The van der Waals surface area contributed by atoms with Crippen LogP contribution in [0.25, 0.3) is 0 Å². The lowest BCUT2D eigenvalue weighted by molar-refractivity contribution is -0.142. The topological polar surface area (TPSA) is 83.1 Å². The van der Waals surface area contributed by atoms with Crippen LogP contribution in [0, 0.1) is 0 Å². The number of nitrogens with one attached hydrogen (secondary N) is 1. The largest absolute Gasteiger partial charge is 0.463 e. The molecule has 2 atom stereocenters. The first kappa shape index (κ1) is 20.4. The van der Waals surface area contributed by atoms with Gasteiger partial charge >= 0.3 is 12.1 Å². The third-order valence-electron chi connectivity index (χ3n) is 3.21. The summed E-state index contributed by atoms with van der Waals surface area (Å²) in [5.74, 6) is -1.24. The first-order valence-electron chi connectivity index (χ1n) is 8.09. The summed E-state index contributed by atoms with van der Waals surface area (Å²) in [6.45, 7) is 14.9. The normalized spacial score (nSPS) is 21.0. The Bertz CT molecular complexity index is 480. The van der Waals surface area contributed by atoms with E-state index >= 15 is 0 Å². The molecule has 1 aliphatic heterocycles. The average molecular weight is 343 g/mol. The van der Waals surface area contributed by atoms with Crippen LogP contribution in [-0.2, 0) is 23.7 Å². The molecule has 0 aromatic rings. The van der Waals surface area contributed by atoms with Crippen molar-refractivity contribution in [2.24, 2.45) is 0 Å². The van der Waals surface area contributed by atoms with Crippen molar-refractivity contribution in [2.45, 2.75) is 71.5 Å². The number of amides is 1. The van der Waals surface area contributed by atoms with Crippen molar-refractivity contribution in [1.82, 2.24) is 5.32 Å². The van der Waals surface area contributed by atoms with Gasteiger partial charge in [-0.25, -0.2) is 9.59 Å². The highest BCUT2D eigenvalue weighted by molar-refractivity contribution is 5.87. The Balaban J connectivity index is 2.78. The van der Waals surface area contributed by atoms with E-state index in [-0.39, 0.29) is 18.6 Å². The van der Waals surface area contributed by atoms with Gasteiger partial charge in [-0.2, -0.15) is 0 Å². The summed E-state index contributed by atoms with van der Waals surface area (Å²) in [5.41, 5.74) is -0.370. The molecule has 138 valence electrons. The molecule has 1 rings (SSSR count). The molecule has 1 amide bonds. The highest BCUT2D eigenvalue weighted by atomic mass is 16.7. The van der Waals surface area contributed by atoms with Crippen LogP contribution in [0.2, 0.25) is 0 Å². The van der Waals surface area contributed by atoms with E-state index in [2.05, 4.69) is 11.9 Å². The van der Waals surface area contributed by atoms with Gasteiger partial charge in [0.05, 0.1) is 19.3 Å². The van der Waals surface area contributed by atoms with Crippen LogP contribution in [0.1, 0.15) is 48.0 Å². The molecular formula is C17H29NO6. The van der Waals surface area contributed by atoms with E-state index in [0.29, 0.717) is 6.61 Å². The van der Waals surface area contributed by atoms with E-state index in [1.807, 2.05) is 0 Å². The number of carbonyl (C=O) groups is 2. The van der Waals surface area contributed by atoms with Gasteiger partial charge in [-0.15, -0.1) is 0 Å². The molecule has 1 saturated heterocycles. The minimum Gasteiger partial charge on any atom is -0.463 e. The zero-order valence-corrected chi connectivity index (χ0v) is 15.4. The summed E-state index contributed by atoms with van der Waals surface area (Å²) in [4.78, 5) is 23.9. The van der Waals surface area contributed by atoms with Crippen molar-refractivity contribution in [3.8, 4) is 0 Å². The van der Waals surface area contributed by atoms with Crippen LogP contribution in [0.5, 0.6) is 0 Å². The number of esters is 1. The lowest BCUT2D eigenvalue weighted by Crippen LogP contribution is -2.47. The summed E-state index contributed by atoms with van der Waals surface area (Å²) in [7, 11) is 0. The highest BCUT2D eigenvalue weighted by Crippen LogP contribution is 2.26. The first-order chi connectivity index (χ1) is 10.9. The van der Waals surface area contributed by atoms with Crippen molar-refractivity contribution >= 4 is 12.1 Å². The van der Waals surface area contributed by atoms with Crippen molar-refractivity contribution in [3.05, 3.63) is 12.2 Å². The molecule has 0 spiro atoms. The second-order valence-corrected chi connectivity index (χ2v) is 7.15. The van der Waals surface area contributed by atoms with Crippen LogP contribution in [-0.4, -0.2) is 48.8 Å². The lowest BCUT2D eigenvalue weighted by Gasteiger charge is -2.27. The average Bonchev–Trinajstić information content (AvgIpc) is 2.76. The summed E-state index contributed by atoms with van der Waals surface area (Å²) in [6.07, 6.45) is -0.821. The number of ether oxygens (including phenoxy) is 4. The summed E-state index contributed by atoms with van der Waals surface area (Å²) >= 11 is 0. The minimum absolute atomic E-state index is 0.183. The van der Waals surface area contributed by atoms with Gasteiger partial charge in [0.2, 0.25) is 0 Å². The van der Waals surface area contributed by atoms with E-state index < -0.39 is 35.6 Å². The number of rotatable bonds is 6. The van der Waals surface area contributed by atoms with Gasteiger partial charge in [-0.05, 0) is 41.5 Å². The third-order valence-corrected chi connectivity index (χ3v) is 3.21. The Morgan fingerprint density at radius 2 is 2.00 bits per heavy atom. The molecule has 0 bridgehead atoms. The van der Waals surface area contributed by atoms with Crippen LogP contribution < -0.4 is 5.32 Å². The molecule has 1 aliphatic rings. The molecule has 1 N–H and O–H groups in total. The SMILES string of the molecule is C=C(C[C@H](NC(=O)OC(C)(C)C)[C@H]1COC(C)(C)O1)C(=O)OCC. The monoisotopic (exact) mass is 343 g/mol. The van der Waals surface area contributed by atoms with Crippen LogP contribution in [0.4, 0.5) is 4.79 Å². The molecule has 7 nitrogen and oxygen atoms in total. The second kappa shape index (κ2) is 7.98. The smallest absolute Gasteiger partial charge is 0.407 e. The summed E-state index contributed by atoms with van der Waals surface area (Å²) in [5, 5.41) is 2.75. The van der Waals surface area contributed by atoms with Crippen LogP contribution in [0.15, 0.2) is 12.2 Å². The van der Waals surface area contributed by atoms with E-state index in [0.717, 1.165) is 0 Å². The third kappa shape index (κ3) is 6.88. The van der Waals surface area contributed by atoms with Gasteiger partial charge in [0, 0.05) is 12.0 Å². The van der Waals surface area contributed by atoms with Gasteiger partial charge in [0.25, 0.3) is 0 Å². The van der Waals surface area contributed by atoms with E-state index in [4.69, 9.17) is 18.9 Å². The maximum atomic E-state index is 12.1. The first-order valence-corrected chi connectivity index (χ1v) is 8.09. The van der Waals surface area contributed by atoms with Gasteiger partial charge in [-0.1, -0.05) is 6.58 Å². The van der Waals surface area contributed by atoms with Crippen molar-refractivity contribution in [1.29, 1.82) is 0 Å². The Morgan fingerprint density at radius 1 is 1.38 bits per heavy atom. The summed E-state index contributed by atoms with van der Waals surface area (Å²) < 4.78 is 21.6. The van der Waals surface area contributed by atoms with Crippen molar-refractivity contribution < 1.29 is 28.5 Å². The van der Waals surface area contributed by atoms with Crippen molar-refractivity contribution in [3.63, 3.8) is 0 Å². The predicted octanol–water partition coefficient (Wildman–Crippen LogP) is 2.54. The molecule has 0 aromatic heterocycles.